The predicted octanol–water partition coefficient (Wildman–Crippen LogP) is 3.27. The van der Waals surface area contributed by atoms with Gasteiger partial charge in [0.25, 0.3) is 0 Å². The molecule has 0 aliphatic carbocycles. The first-order valence-corrected chi connectivity index (χ1v) is 7.97. The van der Waals surface area contributed by atoms with Crippen molar-refractivity contribution >= 4 is 22.4 Å². The zero-order valence-corrected chi connectivity index (χ0v) is 14.4. The van der Waals surface area contributed by atoms with Crippen LogP contribution in [-0.4, -0.2) is 34.9 Å². The Kier molecular flexibility index (Phi) is 4.79. The molecule has 0 spiro atoms. The number of nitrogens with one attached hydrogen (secondary N) is 1. The van der Waals surface area contributed by atoms with Gasteiger partial charge in [-0.05, 0) is 43.7 Å². The van der Waals surface area contributed by atoms with E-state index in [4.69, 9.17) is 9.47 Å². The first-order valence-electron chi connectivity index (χ1n) is 7.97. The lowest BCUT2D eigenvalue weighted by molar-refractivity contribution is -0.137. The molecule has 6 heteroatoms. The lowest BCUT2D eigenvalue weighted by Gasteiger charge is -2.09. The SMILES string of the molecule is CCOC(=O)/C=C(/c1ccc2c(OC)n[nH]c2c1)c1cccc(C)n1. The van der Waals surface area contributed by atoms with Crippen LogP contribution in [0.4, 0.5) is 0 Å². The van der Waals surface area contributed by atoms with Gasteiger partial charge in [0, 0.05) is 17.3 Å². The molecule has 0 fully saturated rings. The maximum Gasteiger partial charge on any atom is 0.331 e. The number of H-pyrrole nitrogens is 1. The van der Waals surface area contributed by atoms with E-state index >= 15 is 0 Å². The molecule has 2 aromatic heterocycles. The Morgan fingerprint density at radius 2 is 2.12 bits per heavy atom. The Morgan fingerprint density at radius 1 is 1.28 bits per heavy atom. The van der Waals surface area contributed by atoms with Gasteiger partial charge < -0.3 is 9.47 Å². The zero-order valence-electron chi connectivity index (χ0n) is 14.4. The number of methoxy groups -OCH3 is 1. The van der Waals surface area contributed by atoms with Crippen LogP contribution in [0.3, 0.4) is 0 Å². The van der Waals surface area contributed by atoms with Crippen molar-refractivity contribution in [3.8, 4) is 5.88 Å². The van der Waals surface area contributed by atoms with Crippen molar-refractivity contribution in [2.75, 3.05) is 13.7 Å². The lowest BCUT2D eigenvalue weighted by atomic mass is 10.00. The molecule has 0 aliphatic rings. The van der Waals surface area contributed by atoms with E-state index in [1.165, 1.54) is 6.08 Å². The van der Waals surface area contributed by atoms with Crippen LogP contribution in [0.5, 0.6) is 5.88 Å². The standard InChI is InChI=1S/C19H19N3O3/c1-4-25-18(23)11-15(16-7-5-6-12(2)20-16)13-8-9-14-17(10-13)21-22-19(14)24-3/h5-11H,4H2,1-3H3,(H,21,22)/b15-11-. The molecule has 1 N–H and O–H groups in total. The van der Waals surface area contributed by atoms with Crippen molar-refractivity contribution < 1.29 is 14.3 Å². The second-order valence-electron chi connectivity index (χ2n) is 5.47. The average Bonchev–Trinajstić information content (AvgIpc) is 3.02. The first-order chi connectivity index (χ1) is 12.1. The Labute approximate surface area is 145 Å². The van der Waals surface area contributed by atoms with E-state index in [0.717, 1.165) is 22.2 Å². The zero-order chi connectivity index (χ0) is 17.8. The Balaban J connectivity index is 2.12. The molecule has 0 radical (unpaired) electrons. The number of aryl methyl sites for hydroxylation is 1. The summed E-state index contributed by atoms with van der Waals surface area (Å²) in [4.78, 5) is 16.6. The smallest absolute Gasteiger partial charge is 0.331 e. The van der Waals surface area contributed by atoms with Gasteiger partial charge in [0.05, 0.1) is 30.3 Å². The van der Waals surface area contributed by atoms with Gasteiger partial charge in [0.1, 0.15) is 0 Å². The van der Waals surface area contributed by atoms with E-state index in [1.807, 2.05) is 43.3 Å². The van der Waals surface area contributed by atoms with Crippen LogP contribution in [0.15, 0.2) is 42.5 Å². The highest BCUT2D eigenvalue weighted by Crippen LogP contribution is 2.28. The molecule has 0 saturated heterocycles. The van der Waals surface area contributed by atoms with Gasteiger partial charge in [-0.1, -0.05) is 12.1 Å². The lowest BCUT2D eigenvalue weighted by Crippen LogP contribution is -2.03. The molecule has 0 saturated carbocycles. The van der Waals surface area contributed by atoms with Gasteiger partial charge in [-0.15, -0.1) is 5.10 Å². The highest BCUT2D eigenvalue weighted by atomic mass is 16.5. The molecule has 0 aliphatic heterocycles. The number of carbonyl (C=O) groups excluding carboxylic acids is 1. The van der Waals surface area contributed by atoms with Gasteiger partial charge in [0.2, 0.25) is 5.88 Å². The predicted molar refractivity (Wildman–Crippen MR) is 95.3 cm³/mol. The summed E-state index contributed by atoms with van der Waals surface area (Å²) in [6, 6.07) is 11.4. The molecule has 128 valence electrons. The third-order valence-corrected chi connectivity index (χ3v) is 3.75. The van der Waals surface area contributed by atoms with Crippen LogP contribution < -0.4 is 4.74 Å². The van der Waals surface area contributed by atoms with E-state index in [1.54, 1.807) is 14.0 Å². The van der Waals surface area contributed by atoms with Crippen LogP contribution in [-0.2, 0) is 9.53 Å². The fourth-order valence-electron chi connectivity index (χ4n) is 2.62. The highest BCUT2D eigenvalue weighted by Gasteiger charge is 2.13. The minimum absolute atomic E-state index is 0.320. The fourth-order valence-corrected chi connectivity index (χ4v) is 2.62. The van der Waals surface area contributed by atoms with Crippen LogP contribution in [0.2, 0.25) is 0 Å². The van der Waals surface area contributed by atoms with Gasteiger partial charge >= 0.3 is 5.97 Å². The van der Waals surface area contributed by atoms with Crippen LogP contribution >= 0.6 is 0 Å². The van der Waals surface area contributed by atoms with Crippen LogP contribution in [0.25, 0.3) is 16.5 Å². The number of pyridine rings is 1. The summed E-state index contributed by atoms with van der Waals surface area (Å²) in [6.07, 6.45) is 1.47. The van der Waals surface area contributed by atoms with Crippen molar-refractivity contribution in [3.63, 3.8) is 0 Å². The topological polar surface area (TPSA) is 77.1 Å². The highest BCUT2D eigenvalue weighted by molar-refractivity contribution is 5.97. The molecule has 0 amide bonds. The van der Waals surface area contributed by atoms with Gasteiger partial charge in [-0.25, -0.2) is 4.79 Å². The fraction of sp³-hybridized carbons (Fsp3) is 0.211. The van der Waals surface area contributed by atoms with Crippen molar-refractivity contribution in [1.82, 2.24) is 15.2 Å². The number of aromatic nitrogens is 3. The summed E-state index contributed by atoms with van der Waals surface area (Å²) < 4.78 is 10.3. The third-order valence-electron chi connectivity index (χ3n) is 3.75. The first kappa shape index (κ1) is 16.7. The summed E-state index contributed by atoms with van der Waals surface area (Å²) >= 11 is 0. The Morgan fingerprint density at radius 3 is 2.84 bits per heavy atom. The number of rotatable bonds is 5. The molecule has 25 heavy (non-hydrogen) atoms. The normalized spacial score (nSPS) is 11.6. The number of hydrogen-bond donors (Lipinski definition) is 1. The molecular formula is C19H19N3O3. The Bertz CT molecular complexity index is 944. The van der Waals surface area contributed by atoms with Crippen LogP contribution in [0, 0.1) is 6.92 Å². The maximum atomic E-state index is 12.0. The number of ether oxygens (including phenoxy) is 2. The van der Waals surface area contributed by atoms with Crippen molar-refractivity contribution in [2.45, 2.75) is 13.8 Å². The summed E-state index contributed by atoms with van der Waals surface area (Å²) in [5.74, 6) is 0.134. The van der Waals surface area contributed by atoms with E-state index in [0.29, 0.717) is 23.8 Å². The number of esters is 1. The van der Waals surface area contributed by atoms with Crippen molar-refractivity contribution in [3.05, 3.63) is 59.4 Å². The summed E-state index contributed by atoms with van der Waals surface area (Å²) in [5.41, 5.74) is 3.93. The largest absolute Gasteiger partial charge is 0.480 e. The number of hydrogen-bond acceptors (Lipinski definition) is 5. The molecule has 1 aromatic carbocycles. The minimum Gasteiger partial charge on any atom is -0.480 e. The molecule has 3 rings (SSSR count). The second kappa shape index (κ2) is 7.17. The molecule has 2 heterocycles. The third kappa shape index (κ3) is 3.52. The van der Waals surface area contributed by atoms with Gasteiger partial charge in [-0.3, -0.25) is 10.1 Å². The Hall–Kier alpha value is -3.15. The van der Waals surface area contributed by atoms with E-state index in [-0.39, 0.29) is 0 Å². The van der Waals surface area contributed by atoms with Crippen LogP contribution in [0.1, 0.15) is 23.9 Å². The molecule has 3 aromatic rings. The summed E-state index contributed by atoms with van der Waals surface area (Å²) in [6.45, 7) is 4.01. The summed E-state index contributed by atoms with van der Waals surface area (Å²) in [5, 5.41) is 7.93. The second-order valence-corrected chi connectivity index (χ2v) is 5.47. The quantitative estimate of drug-likeness (QED) is 0.571. The maximum absolute atomic E-state index is 12.0. The summed E-state index contributed by atoms with van der Waals surface area (Å²) in [7, 11) is 1.58. The van der Waals surface area contributed by atoms with E-state index in [9.17, 15) is 4.79 Å². The number of fused-ring (bicyclic) bond motifs is 1. The minimum atomic E-state index is -0.400. The molecule has 0 unspecified atom stereocenters. The van der Waals surface area contributed by atoms with E-state index < -0.39 is 5.97 Å². The molecule has 0 atom stereocenters. The van der Waals surface area contributed by atoms with E-state index in [2.05, 4.69) is 15.2 Å². The number of benzene rings is 1. The average molecular weight is 337 g/mol. The molecular weight excluding hydrogens is 318 g/mol. The van der Waals surface area contributed by atoms with Crippen molar-refractivity contribution in [1.29, 1.82) is 0 Å². The monoisotopic (exact) mass is 337 g/mol. The molecule has 0 bridgehead atoms. The van der Waals surface area contributed by atoms with Gasteiger partial charge in [0.15, 0.2) is 0 Å². The number of aromatic amines is 1. The number of nitrogens with zero attached hydrogens (tertiary/aromatic N) is 2. The van der Waals surface area contributed by atoms with Gasteiger partial charge in [-0.2, -0.15) is 0 Å². The molecule has 6 nitrogen and oxygen atoms in total. The van der Waals surface area contributed by atoms with Crippen molar-refractivity contribution in [2.24, 2.45) is 0 Å². The number of carbonyl (C=O) groups is 1.